The van der Waals surface area contributed by atoms with Crippen molar-refractivity contribution >= 4 is 11.6 Å². The molecule has 1 aromatic heterocycles. The van der Waals surface area contributed by atoms with Crippen molar-refractivity contribution in [2.24, 2.45) is 0 Å². The average molecular weight is 457 g/mol. The summed E-state index contributed by atoms with van der Waals surface area (Å²) in [5, 5.41) is 5.82. The lowest BCUT2D eigenvalue weighted by molar-refractivity contribution is -0.274. The summed E-state index contributed by atoms with van der Waals surface area (Å²) in [5.74, 6) is -1.98. The number of anilines is 1. The van der Waals surface area contributed by atoms with Crippen LogP contribution in [-0.4, -0.2) is 22.1 Å². The number of halogens is 6. The van der Waals surface area contributed by atoms with Crippen LogP contribution < -0.4 is 15.5 Å². The Hall–Kier alpha value is -3.83. The van der Waals surface area contributed by atoms with E-state index in [1.54, 1.807) is 0 Å². The Labute approximate surface area is 176 Å². The fourth-order valence-electron chi connectivity index (χ4n) is 2.81. The highest BCUT2D eigenvalue weighted by Crippen LogP contribution is 2.34. The van der Waals surface area contributed by atoms with Crippen LogP contribution in [0.15, 0.2) is 59.4 Å². The number of nitrogens with zero attached hydrogens (tertiary/aromatic N) is 2. The minimum Gasteiger partial charge on any atom is -0.404 e. The normalized spacial score (nSPS) is 11.8. The maximum atomic E-state index is 13.4. The molecule has 1 heterocycles. The average Bonchev–Trinajstić information content (AvgIpc) is 2.68. The Morgan fingerprint density at radius 1 is 1.00 bits per heavy atom. The Bertz CT molecular complexity index is 1220. The highest BCUT2D eigenvalue weighted by molar-refractivity contribution is 6.03. The van der Waals surface area contributed by atoms with Gasteiger partial charge in [-0.1, -0.05) is 24.3 Å². The van der Waals surface area contributed by atoms with Crippen LogP contribution in [0.4, 0.5) is 32.0 Å². The summed E-state index contributed by atoms with van der Waals surface area (Å²) in [6.07, 6.45) is -9.79. The number of aryl methyl sites for hydroxylation is 1. The van der Waals surface area contributed by atoms with Gasteiger partial charge in [-0.15, -0.1) is 13.2 Å². The Balaban J connectivity index is 2.04. The molecule has 12 heteroatoms. The van der Waals surface area contributed by atoms with Gasteiger partial charge in [0.2, 0.25) is 5.43 Å². The fraction of sp³-hybridized carbons (Fsp3) is 0.150. The highest BCUT2D eigenvalue weighted by atomic mass is 19.4. The standard InChI is InChI=1S/C20H13F6N3O3/c1-11-10-15(30)17(28-29(11)14-8-4-2-6-12(14)19(21,22)23)18(31)27-13-7-3-5-9-16(13)32-20(24,25)26/h2-10H,1H3,(H,27,31). The molecule has 0 bridgehead atoms. The molecule has 1 N–H and O–H groups in total. The summed E-state index contributed by atoms with van der Waals surface area (Å²) in [5.41, 5.74) is -3.67. The van der Waals surface area contributed by atoms with Crippen LogP contribution >= 0.6 is 0 Å². The maximum absolute atomic E-state index is 13.4. The van der Waals surface area contributed by atoms with E-state index in [2.05, 4.69) is 15.2 Å². The summed E-state index contributed by atoms with van der Waals surface area (Å²) in [4.78, 5) is 24.9. The third kappa shape index (κ3) is 5.07. The zero-order valence-electron chi connectivity index (χ0n) is 16.1. The van der Waals surface area contributed by atoms with Crippen LogP contribution in [0, 0.1) is 6.92 Å². The van der Waals surface area contributed by atoms with Gasteiger partial charge < -0.3 is 10.1 Å². The Kier molecular flexibility index (Phi) is 5.97. The summed E-state index contributed by atoms with van der Waals surface area (Å²) < 4.78 is 82.5. The second-order valence-corrected chi connectivity index (χ2v) is 6.42. The van der Waals surface area contributed by atoms with Crippen molar-refractivity contribution in [3.8, 4) is 11.4 Å². The van der Waals surface area contributed by atoms with E-state index in [9.17, 15) is 35.9 Å². The summed E-state index contributed by atoms with van der Waals surface area (Å²) in [6, 6.07) is 9.83. The van der Waals surface area contributed by atoms with Crippen molar-refractivity contribution in [3.05, 3.63) is 81.8 Å². The van der Waals surface area contributed by atoms with Crippen LogP contribution in [0.1, 0.15) is 21.7 Å². The first kappa shape index (κ1) is 22.8. The quantitative estimate of drug-likeness (QED) is 0.576. The summed E-state index contributed by atoms with van der Waals surface area (Å²) in [6.45, 7) is 1.32. The number of carbonyl (C=O) groups excluding carboxylic acids is 1. The van der Waals surface area contributed by atoms with Gasteiger partial charge in [0.1, 0.15) is 0 Å². The van der Waals surface area contributed by atoms with Gasteiger partial charge in [0.25, 0.3) is 5.91 Å². The molecule has 32 heavy (non-hydrogen) atoms. The number of alkyl halides is 6. The van der Waals surface area contributed by atoms with Gasteiger partial charge >= 0.3 is 12.5 Å². The molecule has 0 saturated carbocycles. The van der Waals surface area contributed by atoms with Crippen LogP contribution in [0.5, 0.6) is 5.75 Å². The lowest BCUT2D eigenvalue weighted by atomic mass is 10.1. The van der Waals surface area contributed by atoms with Gasteiger partial charge in [-0.3, -0.25) is 9.59 Å². The molecule has 6 nitrogen and oxygen atoms in total. The smallest absolute Gasteiger partial charge is 0.404 e. The molecule has 0 fully saturated rings. The molecule has 0 aliphatic heterocycles. The van der Waals surface area contributed by atoms with Crippen molar-refractivity contribution in [1.82, 2.24) is 9.78 Å². The third-order valence-electron chi connectivity index (χ3n) is 4.12. The highest BCUT2D eigenvalue weighted by Gasteiger charge is 2.35. The summed E-state index contributed by atoms with van der Waals surface area (Å²) in [7, 11) is 0. The molecule has 0 aliphatic rings. The third-order valence-corrected chi connectivity index (χ3v) is 4.12. The zero-order chi connectivity index (χ0) is 23.7. The topological polar surface area (TPSA) is 73.2 Å². The molecule has 0 radical (unpaired) electrons. The van der Waals surface area contributed by atoms with Crippen molar-refractivity contribution in [3.63, 3.8) is 0 Å². The van der Waals surface area contributed by atoms with E-state index in [-0.39, 0.29) is 5.69 Å². The van der Waals surface area contributed by atoms with E-state index in [4.69, 9.17) is 0 Å². The number of hydrogen-bond acceptors (Lipinski definition) is 4. The van der Waals surface area contributed by atoms with Crippen molar-refractivity contribution in [1.29, 1.82) is 0 Å². The Morgan fingerprint density at radius 2 is 1.62 bits per heavy atom. The second-order valence-electron chi connectivity index (χ2n) is 6.42. The number of rotatable bonds is 4. The largest absolute Gasteiger partial charge is 0.573 e. The molecule has 0 aliphatic carbocycles. The molecule has 0 atom stereocenters. The van der Waals surface area contributed by atoms with Gasteiger partial charge in [0, 0.05) is 11.8 Å². The number of benzene rings is 2. The number of nitrogens with one attached hydrogen (secondary N) is 1. The molecule has 1 amide bonds. The number of amides is 1. The fourth-order valence-corrected chi connectivity index (χ4v) is 2.81. The SMILES string of the molecule is Cc1cc(=O)c(C(=O)Nc2ccccc2OC(F)(F)F)nn1-c1ccccc1C(F)(F)F. The van der Waals surface area contributed by atoms with Crippen LogP contribution in [0.3, 0.4) is 0 Å². The molecule has 2 aromatic carbocycles. The van der Waals surface area contributed by atoms with Gasteiger partial charge in [0.05, 0.1) is 16.9 Å². The van der Waals surface area contributed by atoms with E-state index in [1.807, 2.05) is 0 Å². The van der Waals surface area contributed by atoms with Crippen molar-refractivity contribution in [2.75, 3.05) is 5.32 Å². The number of carbonyl (C=O) groups is 1. The van der Waals surface area contributed by atoms with Gasteiger partial charge in [-0.2, -0.15) is 18.3 Å². The van der Waals surface area contributed by atoms with Gasteiger partial charge in [0.15, 0.2) is 11.4 Å². The lowest BCUT2D eigenvalue weighted by Gasteiger charge is -2.17. The number of para-hydroxylation sites is 3. The van der Waals surface area contributed by atoms with E-state index in [1.165, 1.54) is 25.1 Å². The zero-order valence-corrected chi connectivity index (χ0v) is 16.1. The van der Waals surface area contributed by atoms with Crippen molar-refractivity contribution in [2.45, 2.75) is 19.5 Å². The molecular weight excluding hydrogens is 444 g/mol. The first-order valence-corrected chi connectivity index (χ1v) is 8.80. The predicted octanol–water partition coefficient (Wildman–Crippen LogP) is 4.71. The molecule has 3 rings (SSSR count). The minimum atomic E-state index is -5.04. The first-order valence-electron chi connectivity index (χ1n) is 8.80. The number of aromatic nitrogens is 2. The van der Waals surface area contributed by atoms with Crippen molar-refractivity contribution < 1.29 is 35.9 Å². The number of ether oxygens (including phenoxy) is 1. The second kappa shape index (κ2) is 8.36. The van der Waals surface area contributed by atoms with Crippen LogP contribution in [0.2, 0.25) is 0 Å². The lowest BCUT2D eigenvalue weighted by Crippen LogP contribution is -2.28. The first-order chi connectivity index (χ1) is 14.9. The molecule has 0 spiro atoms. The van der Waals surface area contributed by atoms with Gasteiger partial charge in [-0.25, -0.2) is 4.68 Å². The maximum Gasteiger partial charge on any atom is 0.573 e. The minimum absolute atomic E-state index is 0.00375. The van der Waals surface area contributed by atoms with Crippen LogP contribution in [-0.2, 0) is 6.18 Å². The monoisotopic (exact) mass is 457 g/mol. The molecule has 0 saturated heterocycles. The molecule has 168 valence electrons. The predicted molar refractivity (Wildman–Crippen MR) is 101 cm³/mol. The van der Waals surface area contributed by atoms with E-state index in [0.717, 1.165) is 41.1 Å². The molecule has 0 unspecified atom stereocenters. The summed E-state index contributed by atoms with van der Waals surface area (Å²) >= 11 is 0. The van der Waals surface area contributed by atoms with Gasteiger partial charge in [-0.05, 0) is 31.2 Å². The van der Waals surface area contributed by atoms with E-state index >= 15 is 0 Å². The molecule has 3 aromatic rings. The van der Waals surface area contributed by atoms with Crippen LogP contribution in [0.25, 0.3) is 5.69 Å². The van der Waals surface area contributed by atoms with E-state index < -0.39 is 52.3 Å². The number of hydrogen-bond donors (Lipinski definition) is 1. The van der Waals surface area contributed by atoms with E-state index in [0.29, 0.717) is 0 Å². The molecular formula is C20H13F6N3O3. The Morgan fingerprint density at radius 3 is 2.28 bits per heavy atom.